The molecule has 1 aliphatic rings. The van der Waals surface area contributed by atoms with Crippen molar-refractivity contribution in [3.8, 4) is 0 Å². The Balaban J connectivity index is 0. The Labute approximate surface area is 131 Å². The molecule has 1 aromatic heterocycles. The van der Waals surface area contributed by atoms with Crippen molar-refractivity contribution in [1.82, 2.24) is 15.2 Å². The molecular weight excluding hydrogens is 311 g/mol. The van der Waals surface area contributed by atoms with Crippen molar-refractivity contribution in [3.63, 3.8) is 0 Å². The van der Waals surface area contributed by atoms with Gasteiger partial charge in [0, 0.05) is 32.4 Å². The van der Waals surface area contributed by atoms with Crippen LogP contribution in [0.15, 0.2) is 24.4 Å². The number of halogens is 3. The van der Waals surface area contributed by atoms with Crippen LogP contribution in [0.3, 0.4) is 0 Å². The maximum Gasteiger partial charge on any atom is 0.239 e. The van der Waals surface area contributed by atoms with Gasteiger partial charge >= 0.3 is 0 Å². The van der Waals surface area contributed by atoms with Gasteiger partial charge in [0.05, 0.1) is 6.54 Å². The molecule has 0 unspecified atom stereocenters. The molecule has 1 fully saturated rings. The van der Waals surface area contributed by atoms with Crippen molar-refractivity contribution in [2.75, 3.05) is 38.0 Å². The molecule has 5 nitrogen and oxygen atoms in total. The van der Waals surface area contributed by atoms with Crippen LogP contribution < -0.4 is 10.6 Å². The second kappa shape index (κ2) is 11.3. The van der Waals surface area contributed by atoms with E-state index in [1.54, 1.807) is 12.3 Å². The van der Waals surface area contributed by atoms with Gasteiger partial charge < -0.3 is 10.6 Å². The van der Waals surface area contributed by atoms with Gasteiger partial charge in [-0.05, 0) is 12.1 Å². The molecule has 2 heterocycles. The first-order valence-electron chi connectivity index (χ1n) is 5.48. The van der Waals surface area contributed by atoms with E-state index < -0.39 is 0 Å². The van der Waals surface area contributed by atoms with E-state index in [0.717, 1.165) is 26.2 Å². The lowest BCUT2D eigenvalue weighted by Crippen LogP contribution is -2.46. The number of aromatic nitrogens is 1. The Morgan fingerprint density at radius 2 is 1.95 bits per heavy atom. The van der Waals surface area contributed by atoms with Crippen molar-refractivity contribution in [1.29, 1.82) is 0 Å². The molecule has 0 aromatic carbocycles. The number of hydrogen-bond acceptors (Lipinski definition) is 4. The van der Waals surface area contributed by atoms with Gasteiger partial charge in [-0.2, -0.15) is 0 Å². The summed E-state index contributed by atoms with van der Waals surface area (Å²) in [5.74, 6) is 0.614. The molecule has 8 heteroatoms. The van der Waals surface area contributed by atoms with Gasteiger partial charge in [-0.25, -0.2) is 4.98 Å². The Morgan fingerprint density at radius 3 is 2.53 bits per heavy atom. The molecule has 110 valence electrons. The van der Waals surface area contributed by atoms with Crippen LogP contribution in [0.25, 0.3) is 0 Å². The van der Waals surface area contributed by atoms with Crippen molar-refractivity contribution < 1.29 is 4.79 Å². The maximum absolute atomic E-state index is 11.7. The van der Waals surface area contributed by atoms with Gasteiger partial charge in [0.15, 0.2) is 0 Å². The first-order chi connectivity index (χ1) is 7.84. The predicted octanol–water partition coefficient (Wildman–Crippen LogP) is 1.19. The van der Waals surface area contributed by atoms with E-state index in [1.165, 1.54) is 0 Å². The van der Waals surface area contributed by atoms with Gasteiger partial charge in [0.2, 0.25) is 5.91 Å². The van der Waals surface area contributed by atoms with Crippen molar-refractivity contribution in [2.24, 2.45) is 0 Å². The van der Waals surface area contributed by atoms with E-state index in [1.807, 2.05) is 12.1 Å². The van der Waals surface area contributed by atoms with Crippen LogP contribution in [0.1, 0.15) is 0 Å². The minimum atomic E-state index is 0. The van der Waals surface area contributed by atoms with E-state index in [9.17, 15) is 4.79 Å². The third-order valence-corrected chi connectivity index (χ3v) is 2.51. The van der Waals surface area contributed by atoms with Crippen LogP contribution >= 0.6 is 37.2 Å². The van der Waals surface area contributed by atoms with Crippen LogP contribution in [0.5, 0.6) is 0 Å². The number of hydrogen-bond donors (Lipinski definition) is 2. The molecule has 0 spiro atoms. The number of amides is 1. The van der Waals surface area contributed by atoms with E-state index >= 15 is 0 Å². The summed E-state index contributed by atoms with van der Waals surface area (Å²) >= 11 is 0. The van der Waals surface area contributed by atoms with Crippen molar-refractivity contribution in [3.05, 3.63) is 24.4 Å². The summed E-state index contributed by atoms with van der Waals surface area (Å²) < 4.78 is 0. The van der Waals surface area contributed by atoms with Crippen molar-refractivity contribution in [2.45, 2.75) is 0 Å². The zero-order chi connectivity index (χ0) is 11.2. The molecule has 0 atom stereocenters. The normalized spacial score (nSPS) is 14.3. The highest BCUT2D eigenvalue weighted by Gasteiger charge is 2.13. The lowest BCUT2D eigenvalue weighted by atomic mass is 10.3. The molecule has 0 radical (unpaired) electrons. The third kappa shape index (κ3) is 7.54. The highest BCUT2D eigenvalue weighted by atomic mass is 35.5. The van der Waals surface area contributed by atoms with E-state index in [0.29, 0.717) is 12.4 Å². The van der Waals surface area contributed by atoms with Crippen LogP contribution in [0.2, 0.25) is 0 Å². The van der Waals surface area contributed by atoms with Gasteiger partial charge in [-0.3, -0.25) is 9.69 Å². The second-order valence-corrected chi connectivity index (χ2v) is 3.79. The zero-order valence-corrected chi connectivity index (χ0v) is 12.8. The minimum absolute atomic E-state index is 0. The molecule has 2 rings (SSSR count). The number of carbonyl (C=O) groups is 1. The minimum Gasteiger partial charge on any atom is -0.314 e. The number of nitrogens with one attached hydrogen (secondary N) is 2. The summed E-state index contributed by atoms with van der Waals surface area (Å²) in [6.45, 7) is 4.21. The lowest BCUT2D eigenvalue weighted by molar-refractivity contribution is -0.117. The zero-order valence-electron chi connectivity index (χ0n) is 10.4. The number of carbonyl (C=O) groups excluding carboxylic acids is 1. The SMILES string of the molecule is Cl.Cl.Cl.O=C(CN1CCNCC1)Nc1ccccn1. The summed E-state index contributed by atoms with van der Waals surface area (Å²) in [6, 6.07) is 5.47. The molecular formula is C11H19Cl3N4O. The first kappa shape index (κ1) is 20.7. The molecule has 1 aromatic rings. The highest BCUT2D eigenvalue weighted by Crippen LogP contribution is 2.00. The molecule has 1 aliphatic heterocycles. The molecule has 0 bridgehead atoms. The summed E-state index contributed by atoms with van der Waals surface area (Å²) in [5.41, 5.74) is 0. The second-order valence-electron chi connectivity index (χ2n) is 3.79. The van der Waals surface area contributed by atoms with Gasteiger partial charge in [0.1, 0.15) is 5.82 Å². The predicted molar refractivity (Wildman–Crippen MR) is 83.9 cm³/mol. The Bertz CT molecular complexity index is 347. The first-order valence-corrected chi connectivity index (χ1v) is 5.48. The third-order valence-electron chi connectivity index (χ3n) is 2.51. The molecule has 2 N–H and O–H groups in total. The number of anilines is 1. The standard InChI is InChI=1S/C11H16N4O.3ClH/c16-11(9-15-7-5-12-6-8-15)14-10-3-1-2-4-13-10;;;/h1-4,12H,5-9H2,(H,13,14,16);3*1H. The smallest absolute Gasteiger partial charge is 0.239 e. The highest BCUT2D eigenvalue weighted by molar-refractivity contribution is 5.91. The fourth-order valence-corrected chi connectivity index (χ4v) is 1.69. The number of rotatable bonds is 3. The molecule has 0 aliphatic carbocycles. The summed E-state index contributed by atoms with van der Waals surface area (Å²) in [5, 5.41) is 6.03. The summed E-state index contributed by atoms with van der Waals surface area (Å²) in [7, 11) is 0. The largest absolute Gasteiger partial charge is 0.314 e. The average Bonchev–Trinajstić information content (AvgIpc) is 2.31. The van der Waals surface area contributed by atoms with Gasteiger partial charge in [-0.1, -0.05) is 6.07 Å². The number of pyridine rings is 1. The molecule has 0 saturated carbocycles. The van der Waals surface area contributed by atoms with E-state index in [-0.39, 0.29) is 43.1 Å². The summed E-state index contributed by atoms with van der Waals surface area (Å²) in [4.78, 5) is 17.9. The Kier molecular flexibility index (Phi) is 12.3. The van der Waals surface area contributed by atoms with Crippen LogP contribution in [0.4, 0.5) is 5.82 Å². The molecule has 19 heavy (non-hydrogen) atoms. The fourth-order valence-electron chi connectivity index (χ4n) is 1.69. The quantitative estimate of drug-likeness (QED) is 0.875. The molecule has 1 saturated heterocycles. The maximum atomic E-state index is 11.7. The van der Waals surface area contributed by atoms with Crippen LogP contribution in [0, 0.1) is 0 Å². The topological polar surface area (TPSA) is 57.3 Å². The van der Waals surface area contributed by atoms with Crippen LogP contribution in [-0.2, 0) is 4.79 Å². The van der Waals surface area contributed by atoms with Gasteiger partial charge in [-0.15, -0.1) is 37.2 Å². The molecule has 1 amide bonds. The summed E-state index contributed by atoms with van der Waals surface area (Å²) in [6.07, 6.45) is 1.67. The fraction of sp³-hybridized carbons (Fsp3) is 0.455. The Hall–Kier alpha value is -0.590. The van der Waals surface area contributed by atoms with E-state index in [2.05, 4.69) is 20.5 Å². The number of piperazine rings is 1. The van der Waals surface area contributed by atoms with Crippen LogP contribution in [-0.4, -0.2) is 48.5 Å². The monoisotopic (exact) mass is 328 g/mol. The average molecular weight is 330 g/mol. The van der Waals surface area contributed by atoms with E-state index in [4.69, 9.17) is 0 Å². The van der Waals surface area contributed by atoms with Gasteiger partial charge in [0.25, 0.3) is 0 Å². The number of nitrogens with zero attached hydrogens (tertiary/aromatic N) is 2. The Morgan fingerprint density at radius 1 is 1.26 bits per heavy atom. The van der Waals surface area contributed by atoms with Crippen molar-refractivity contribution >= 4 is 48.9 Å². The lowest BCUT2D eigenvalue weighted by Gasteiger charge is -2.26.